The summed E-state index contributed by atoms with van der Waals surface area (Å²) < 4.78 is 21.9. The highest BCUT2D eigenvalue weighted by molar-refractivity contribution is 4.96. The fraction of sp³-hybridized carbons (Fsp3) is 1.00. The molecule has 0 amide bonds. The minimum absolute atomic E-state index is 0.135. The van der Waals surface area contributed by atoms with Gasteiger partial charge in [-0.3, -0.25) is 0 Å². The van der Waals surface area contributed by atoms with Crippen LogP contribution in [0.1, 0.15) is 19.8 Å². The summed E-state index contributed by atoms with van der Waals surface area (Å²) in [7, 11) is 3.64. The van der Waals surface area contributed by atoms with Crippen molar-refractivity contribution in [3.63, 3.8) is 0 Å². The minimum atomic E-state index is 0.135. The molecular weight excluding hydrogens is 234 g/mol. The molecule has 1 saturated carbocycles. The zero-order valence-electron chi connectivity index (χ0n) is 11.8. The fourth-order valence-electron chi connectivity index (χ4n) is 2.02. The Balaban J connectivity index is 2.11. The summed E-state index contributed by atoms with van der Waals surface area (Å²) in [5, 5.41) is 3.24. The third-order valence-corrected chi connectivity index (χ3v) is 3.13. The van der Waals surface area contributed by atoms with Crippen molar-refractivity contribution in [1.29, 1.82) is 0 Å². The average Bonchev–Trinajstić information content (AvgIpc) is 2.37. The number of ether oxygens (including phenoxy) is 4. The van der Waals surface area contributed by atoms with Crippen molar-refractivity contribution in [3.8, 4) is 0 Å². The zero-order valence-corrected chi connectivity index (χ0v) is 11.8. The van der Waals surface area contributed by atoms with Gasteiger partial charge in [-0.15, -0.1) is 0 Å². The molecule has 0 spiro atoms. The van der Waals surface area contributed by atoms with Gasteiger partial charge in [-0.1, -0.05) is 6.92 Å². The molecule has 18 heavy (non-hydrogen) atoms. The fourth-order valence-corrected chi connectivity index (χ4v) is 2.02. The molecule has 0 heterocycles. The summed E-state index contributed by atoms with van der Waals surface area (Å²) >= 11 is 0. The lowest BCUT2D eigenvalue weighted by atomic mass is 9.85. The Morgan fingerprint density at radius 3 is 2.50 bits per heavy atom. The highest BCUT2D eigenvalue weighted by atomic mass is 16.6. The molecule has 1 fully saturated rings. The van der Waals surface area contributed by atoms with Crippen LogP contribution in [0.4, 0.5) is 0 Å². The number of methoxy groups -OCH3 is 1. The van der Waals surface area contributed by atoms with Crippen LogP contribution in [0.3, 0.4) is 0 Å². The Morgan fingerprint density at radius 2 is 1.83 bits per heavy atom. The lowest BCUT2D eigenvalue weighted by molar-refractivity contribution is -0.156. The van der Waals surface area contributed by atoms with Gasteiger partial charge in [0.1, 0.15) is 0 Å². The molecule has 0 aromatic heterocycles. The molecule has 0 aliphatic heterocycles. The highest BCUT2D eigenvalue weighted by Crippen LogP contribution is 2.27. The van der Waals surface area contributed by atoms with E-state index >= 15 is 0 Å². The predicted molar refractivity (Wildman–Crippen MR) is 69.9 cm³/mol. The van der Waals surface area contributed by atoms with E-state index in [-0.39, 0.29) is 12.2 Å². The summed E-state index contributed by atoms with van der Waals surface area (Å²) in [6.45, 7) is 5.46. The van der Waals surface area contributed by atoms with Crippen molar-refractivity contribution >= 4 is 0 Å². The first-order valence-corrected chi connectivity index (χ1v) is 6.80. The van der Waals surface area contributed by atoms with Crippen molar-refractivity contribution in [1.82, 2.24) is 5.32 Å². The van der Waals surface area contributed by atoms with Crippen LogP contribution in [-0.2, 0) is 18.9 Å². The van der Waals surface area contributed by atoms with Crippen LogP contribution in [0.5, 0.6) is 0 Å². The van der Waals surface area contributed by atoms with Crippen molar-refractivity contribution in [3.05, 3.63) is 0 Å². The molecule has 1 N–H and O–H groups in total. The second-order valence-electron chi connectivity index (χ2n) is 4.48. The van der Waals surface area contributed by atoms with Gasteiger partial charge in [0.15, 0.2) is 0 Å². The molecule has 1 aliphatic carbocycles. The Labute approximate surface area is 110 Å². The van der Waals surface area contributed by atoms with Crippen molar-refractivity contribution < 1.29 is 18.9 Å². The van der Waals surface area contributed by atoms with Crippen LogP contribution in [-0.4, -0.2) is 65.4 Å². The van der Waals surface area contributed by atoms with Crippen LogP contribution in [0.25, 0.3) is 0 Å². The average molecular weight is 261 g/mol. The first-order chi connectivity index (χ1) is 8.83. The summed E-state index contributed by atoms with van der Waals surface area (Å²) in [5.74, 6) is 0. The van der Waals surface area contributed by atoms with E-state index in [1.165, 1.54) is 0 Å². The molecule has 3 atom stereocenters. The van der Waals surface area contributed by atoms with E-state index in [9.17, 15) is 0 Å². The largest absolute Gasteiger partial charge is 0.382 e. The molecule has 0 aromatic rings. The molecule has 1 rings (SSSR count). The smallest absolute Gasteiger partial charge is 0.0991 e. The van der Waals surface area contributed by atoms with Gasteiger partial charge in [0.2, 0.25) is 0 Å². The van der Waals surface area contributed by atoms with Gasteiger partial charge in [-0.25, -0.2) is 0 Å². The molecule has 5 nitrogen and oxygen atoms in total. The SMILES string of the molecule is CCCOCCOC1CC(NC)C1OCCOC. The van der Waals surface area contributed by atoms with E-state index in [4.69, 9.17) is 18.9 Å². The molecule has 108 valence electrons. The monoisotopic (exact) mass is 261 g/mol. The minimum Gasteiger partial charge on any atom is -0.382 e. The maximum Gasteiger partial charge on any atom is 0.0991 e. The van der Waals surface area contributed by atoms with Gasteiger partial charge >= 0.3 is 0 Å². The quantitative estimate of drug-likeness (QED) is 0.558. The van der Waals surface area contributed by atoms with E-state index in [0.717, 1.165) is 19.4 Å². The molecule has 0 saturated heterocycles. The lowest BCUT2D eigenvalue weighted by Gasteiger charge is -2.43. The Kier molecular flexibility index (Phi) is 8.54. The highest BCUT2D eigenvalue weighted by Gasteiger charge is 2.41. The van der Waals surface area contributed by atoms with Crippen LogP contribution < -0.4 is 5.32 Å². The standard InChI is InChI=1S/C13H27NO4/c1-4-5-16-7-9-17-12-10-11(14-2)13(12)18-8-6-15-3/h11-14H,4-10H2,1-3H3. The summed E-state index contributed by atoms with van der Waals surface area (Å²) in [6.07, 6.45) is 2.37. The number of hydrogen-bond acceptors (Lipinski definition) is 5. The second kappa shape index (κ2) is 9.69. The maximum absolute atomic E-state index is 5.77. The van der Waals surface area contributed by atoms with Crippen molar-refractivity contribution in [2.24, 2.45) is 0 Å². The third kappa shape index (κ3) is 5.20. The molecular formula is C13H27NO4. The molecule has 0 radical (unpaired) electrons. The van der Waals surface area contributed by atoms with Gasteiger partial charge in [-0.2, -0.15) is 0 Å². The third-order valence-electron chi connectivity index (χ3n) is 3.13. The number of likely N-dealkylation sites (N-methyl/N-ethyl adjacent to an activating group) is 1. The predicted octanol–water partition coefficient (Wildman–Crippen LogP) is 0.822. The van der Waals surface area contributed by atoms with Gasteiger partial charge < -0.3 is 24.3 Å². The van der Waals surface area contributed by atoms with Gasteiger partial charge in [-0.05, 0) is 19.9 Å². The van der Waals surface area contributed by atoms with Crippen LogP contribution in [0.2, 0.25) is 0 Å². The van der Waals surface area contributed by atoms with Gasteiger partial charge in [0.05, 0.1) is 38.6 Å². The summed E-state index contributed by atoms with van der Waals surface area (Å²) in [5.41, 5.74) is 0. The molecule has 3 unspecified atom stereocenters. The number of nitrogens with one attached hydrogen (secondary N) is 1. The zero-order chi connectivity index (χ0) is 13.2. The van der Waals surface area contributed by atoms with Crippen molar-refractivity contribution in [2.45, 2.75) is 38.0 Å². The molecule has 0 bridgehead atoms. The van der Waals surface area contributed by atoms with Crippen LogP contribution in [0.15, 0.2) is 0 Å². The van der Waals surface area contributed by atoms with Gasteiger partial charge in [0.25, 0.3) is 0 Å². The van der Waals surface area contributed by atoms with Gasteiger partial charge in [0, 0.05) is 19.8 Å². The normalized spacial score (nSPS) is 27.2. The molecule has 1 aliphatic rings. The number of hydrogen-bond donors (Lipinski definition) is 1. The molecule has 5 heteroatoms. The number of rotatable bonds is 11. The second-order valence-corrected chi connectivity index (χ2v) is 4.48. The first kappa shape index (κ1) is 15.9. The van der Waals surface area contributed by atoms with E-state index in [1.807, 2.05) is 7.05 Å². The maximum atomic E-state index is 5.77. The summed E-state index contributed by atoms with van der Waals surface area (Å²) in [4.78, 5) is 0. The van der Waals surface area contributed by atoms with E-state index in [0.29, 0.717) is 32.5 Å². The lowest BCUT2D eigenvalue weighted by Crippen LogP contribution is -2.59. The van der Waals surface area contributed by atoms with Crippen LogP contribution >= 0.6 is 0 Å². The molecule has 0 aromatic carbocycles. The summed E-state index contributed by atoms with van der Waals surface area (Å²) in [6, 6.07) is 0.392. The topological polar surface area (TPSA) is 49.0 Å². The van der Waals surface area contributed by atoms with Crippen LogP contribution in [0, 0.1) is 0 Å². The Bertz CT molecular complexity index is 203. The Hall–Kier alpha value is -0.200. The van der Waals surface area contributed by atoms with E-state index in [2.05, 4.69) is 12.2 Å². The Morgan fingerprint density at radius 1 is 1.06 bits per heavy atom. The van der Waals surface area contributed by atoms with E-state index < -0.39 is 0 Å². The first-order valence-electron chi connectivity index (χ1n) is 6.80. The van der Waals surface area contributed by atoms with Crippen molar-refractivity contribution in [2.75, 3.05) is 47.2 Å². The van der Waals surface area contributed by atoms with E-state index in [1.54, 1.807) is 7.11 Å².